The number of nitrogens with zero attached hydrogens (tertiary/aromatic N) is 4. The van der Waals surface area contributed by atoms with Gasteiger partial charge in [-0.3, -0.25) is 19.5 Å². The van der Waals surface area contributed by atoms with E-state index in [1.54, 1.807) is 44.4 Å². The topological polar surface area (TPSA) is 112 Å². The summed E-state index contributed by atoms with van der Waals surface area (Å²) in [6, 6.07) is 13.2. The molecule has 1 N–H and O–H groups in total. The second-order valence-electron chi connectivity index (χ2n) is 6.37. The van der Waals surface area contributed by atoms with Gasteiger partial charge in [-0.15, -0.1) is 0 Å². The summed E-state index contributed by atoms with van der Waals surface area (Å²) in [6.07, 6.45) is 0.649. The number of fused-ring (bicyclic) bond motifs is 1. The molecule has 3 rings (SSSR count). The molecular formula is C20H21N5O4. The highest BCUT2D eigenvalue weighted by molar-refractivity contribution is 5.99. The van der Waals surface area contributed by atoms with Crippen molar-refractivity contribution in [1.29, 1.82) is 0 Å². The molecule has 0 amide bonds. The number of methoxy groups -OCH3 is 1. The third-order valence-electron chi connectivity index (χ3n) is 4.41. The Hall–Kier alpha value is -3.59. The quantitative estimate of drug-likeness (QED) is 0.271. The van der Waals surface area contributed by atoms with Crippen LogP contribution in [0.3, 0.4) is 0 Å². The van der Waals surface area contributed by atoms with Gasteiger partial charge in [-0.2, -0.15) is 5.10 Å². The minimum absolute atomic E-state index is 0.0117. The molecule has 0 saturated carbocycles. The van der Waals surface area contributed by atoms with Crippen LogP contribution >= 0.6 is 0 Å². The first kappa shape index (κ1) is 20.2. The summed E-state index contributed by atoms with van der Waals surface area (Å²) in [6.45, 7) is 2.71. The Labute approximate surface area is 166 Å². The summed E-state index contributed by atoms with van der Waals surface area (Å²) < 4.78 is 6.62. The molecule has 0 saturated heterocycles. The number of anilines is 1. The number of hydrogen-bond donors (Lipinski definition) is 1. The van der Waals surface area contributed by atoms with Crippen LogP contribution in [0, 0.1) is 10.1 Å². The summed E-state index contributed by atoms with van der Waals surface area (Å²) in [4.78, 5) is 27.8. The lowest BCUT2D eigenvalue weighted by Gasteiger charge is -2.13. The highest BCUT2D eigenvalue weighted by Gasteiger charge is 2.11. The largest absolute Gasteiger partial charge is 0.385 e. The fraction of sp³-hybridized carbons (Fsp3) is 0.250. The number of nitro benzene ring substituents is 1. The molecule has 0 aliphatic heterocycles. The number of benzene rings is 2. The zero-order chi connectivity index (χ0) is 20.8. The minimum atomic E-state index is -0.452. The molecule has 0 unspecified atom stereocenters. The summed E-state index contributed by atoms with van der Waals surface area (Å²) in [5.41, 5.74) is 4.63. The first-order chi connectivity index (χ1) is 14.0. The van der Waals surface area contributed by atoms with Gasteiger partial charge in [-0.05, 0) is 43.2 Å². The van der Waals surface area contributed by atoms with Crippen molar-refractivity contribution in [2.45, 2.75) is 19.9 Å². The van der Waals surface area contributed by atoms with E-state index in [4.69, 9.17) is 4.74 Å². The molecule has 0 aliphatic rings. The van der Waals surface area contributed by atoms with E-state index in [2.05, 4.69) is 15.5 Å². The van der Waals surface area contributed by atoms with Crippen molar-refractivity contribution in [3.63, 3.8) is 0 Å². The van der Waals surface area contributed by atoms with Gasteiger partial charge in [0.25, 0.3) is 11.2 Å². The van der Waals surface area contributed by atoms with Crippen molar-refractivity contribution >= 4 is 28.3 Å². The Kier molecular flexibility index (Phi) is 6.30. The van der Waals surface area contributed by atoms with Crippen molar-refractivity contribution in [3.8, 4) is 0 Å². The molecule has 0 spiro atoms. The zero-order valence-electron chi connectivity index (χ0n) is 16.2. The van der Waals surface area contributed by atoms with Gasteiger partial charge in [-0.25, -0.2) is 10.4 Å². The minimum Gasteiger partial charge on any atom is -0.385 e. The number of para-hydroxylation sites is 1. The Morgan fingerprint density at radius 2 is 1.97 bits per heavy atom. The molecule has 0 bridgehead atoms. The molecule has 0 radical (unpaired) electrons. The standard InChI is InChI=1S/C20H21N5O4/c1-14(15-8-10-16(11-9-15)25(27)28)22-23-20-21-18-7-4-3-6-17(18)19(26)24(20)12-5-13-29-2/h3-4,6-11H,5,12-13H2,1-2H3,(H,21,23)/b22-14-. The van der Waals surface area contributed by atoms with Crippen LogP contribution in [0.2, 0.25) is 0 Å². The van der Waals surface area contributed by atoms with Gasteiger partial charge in [0.05, 0.1) is 21.5 Å². The normalized spacial score (nSPS) is 11.6. The van der Waals surface area contributed by atoms with Gasteiger partial charge >= 0.3 is 0 Å². The third kappa shape index (κ3) is 4.64. The molecular weight excluding hydrogens is 374 g/mol. The smallest absolute Gasteiger partial charge is 0.269 e. The molecule has 9 heteroatoms. The zero-order valence-corrected chi connectivity index (χ0v) is 16.2. The van der Waals surface area contributed by atoms with Crippen molar-refractivity contribution < 1.29 is 9.66 Å². The van der Waals surface area contributed by atoms with E-state index >= 15 is 0 Å². The molecule has 1 heterocycles. The van der Waals surface area contributed by atoms with Gasteiger partial charge in [0.15, 0.2) is 0 Å². The number of non-ortho nitro benzene ring substituents is 1. The van der Waals surface area contributed by atoms with Crippen molar-refractivity contribution in [3.05, 3.63) is 74.6 Å². The lowest BCUT2D eigenvalue weighted by Crippen LogP contribution is -2.25. The van der Waals surface area contributed by atoms with E-state index in [1.165, 1.54) is 16.7 Å². The first-order valence-corrected chi connectivity index (χ1v) is 9.05. The van der Waals surface area contributed by atoms with E-state index in [0.717, 1.165) is 5.56 Å². The average Bonchev–Trinajstić information content (AvgIpc) is 2.74. The Balaban J connectivity index is 1.93. The van der Waals surface area contributed by atoms with Gasteiger partial charge in [0.1, 0.15) is 0 Å². The number of nitrogens with one attached hydrogen (secondary N) is 1. The van der Waals surface area contributed by atoms with Gasteiger partial charge < -0.3 is 4.74 Å². The highest BCUT2D eigenvalue weighted by atomic mass is 16.6. The van der Waals surface area contributed by atoms with Crippen LogP contribution in [-0.2, 0) is 11.3 Å². The van der Waals surface area contributed by atoms with E-state index in [9.17, 15) is 14.9 Å². The van der Waals surface area contributed by atoms with Crippen molar-refractivity contribution in [2.75, 3.05) is 19.1 Å². The number of rotatable bonds is 8. The highest BCUT2D eigenvalue weighted by Crippen LogP contribution is 2.14. The van der Waals surface area contributed by atoms with Crippen LogP contribution in [0.5, 0.6) is 0 Å². The van der Waals surface area contributed by atoms with Crippen LogP contribution in [-0.4, -0.2) is 33.9 Å². The third-order valence-corrected chi connectivity index (χ3v) is 4.41. The molecule has 1 aromatic heterocycles. The predicted octanol–water partition coefficient (Wildman–Crippen LogP) is 3.18. The second-order valence-corrected chi connectivity index (χ2v) is 6.37. The van der Waals surface area contributed by atoms with Gasteiger partial charge in [0.2, 0.25) is 5.95 Å². The molecule has 3 aromatic rings. The fourth-order valence-electron chi connectivity index (χ4n) is 2.85. The number of ether oxygens (including phenoxy) is 1. The molecule has 0 aliphatic carbocycles. The van der Waals surface area contributed by atoms with E-state index in [0.29, 0.717) is 42.1 Å². The van der Waals surface area contributed by atoms with Crippen LogP contribution in [0.4, 0.5) is 11.6 Å². The van der Waals surface area contributed by atoms with E-state index in [-0.39, 0.29) is 11.2 Å². The van der Waals surface area contributed by atoms with E-state index in [1.807, 2.05) is 6.07 Å². The van der Waals surface area contributed by atoms with Crippen LogP contribution in [0.25, 0.3) is 10.9 Å². The predicted molar refractivity (Wildman–Crippen MR) is 111 cm³/mol. The maximum Gasteiger partial charge on any atom is 0.269 e. The number of aromatic nitrogens is 2. The lowest BCUT2D eigenvalue weighted by atomic mass is 10.1. The molecule has 150 valence electrons. The Morgan fingerprint density at radius 3 is 2.66 bits per heavy atom. The van der Waals surface area contributed by atoms with Crippen LogP contribution in [0.15, 0.2) is 58.4 Å². The SMILES string of the molecule is COCCCn1c(N/N=C(/C)c2ccc([N+](=O)[O-])cc2)nc2ccccc2c1=O. The molecule has 29 heavy (non-hydrogen) atoms. The summed E-state index contributed by atoms with van der Waals surface area (Å²) >= 11 is 0. The van der Waals surface area contributed by atoms with Crippen LogP contribution < -0.4 is 11.0 Å². The van der Waals surface area contributed by atoms with Gasteiger partial charge in [-0.1, -0.05) is 12.1 Å². The average molecular weight is 395 g/mol. The summed E-state index contributed by atoms with van der Waals surface area (Å²) in [5, 5.41) is 15.6. The van der Waals surface area contributed by atoms with Crippen molar-refractivity contribution in [1.82, 2.24) is 9.55 Å². The molecule has 9 nitrogen and oxygen atoms in total. The number of hydrogen-bond acceptors (Lipinski definition) is 7. The molecule has 2 aromatic carbocycles. The van der Waals surface area contributed by atoms with Crippen molar-refractivity contribution in [2.24, 2.45) is 5.10 Å². The maximum atomic E-state index is 12.9. The number of nitro groups is 1. The second kappa shape index (κ2) is 9.07. The molecule has 0 atom stereocenters. The maximum absolute atomic E-state index is 12.9. The lowest BCUT2D eigenvalue weighted by molar-refractivity contribution is -0.384. The molecule has 0 fully saturated rings. The first-order valence-electron chi connectivity index (χ1n) is 9.05. The fourth-order valence-corrected chi connectivity index (χ4v) is 2.85. The van der Waals surface area contributed by atoms with Crippen LogP contribution in [0.1, 0.15) is 18.9 Å². The Morgan fingerprint density at radius 1 is 1.24 bits per heavy atom. The Bertz CT molecular complexity index is 1110. The summed E-state index contributed by atoms with van der Waals surface area (Å²) in [5.74, 6) is 0.325. The monoisotopic (exact) mass is 395 g/mol. The number of hydrazone groups is 1. The summed E-state index contributed by atoms with van der Waals surface area (Å²) in [7, 11) is 1.61. The van der Waals surface area contributed by atoms with Gasteiger partial charge in [0, 0.05) is 32.4 Å². The van der Waals surface area contributed by atoms with E-state index < -0.39 is 4.92 Å².